The molecule has 0 heterocycles. The fourth-order valence-corrected chi connectivity index (χ4v) is 3.88. The standard InChI is InChI=1S/C34H70N4O8/c1-30(2,14-18-38-29(40)13-21-43-32(5,6)16-23-45-34(9,10)27-36)46-25-24-41-19-11-17-37-28(39)12-20-42-31(3,4)15-22-44-33(7,8)26-35/h11-27,35-36H2,1-10H3,(H,37,39)(H,38,40). The summed E-state index contributed by atoms with van der Waals surface area (Å²) in [5.41, 5.74) is 9.53. The number of nitrogens with two attached hydrogens (primary N) is 2. The van der Waals surface area contributed by atoms with E-state index in [0.29, 0.717) is 111 Å². The van der Waals surface area contributed by atoms with E-state index in [9.17, 15) is 9.59 Å². The monoisotopic (exact) mass is 663 g/mol. The second kappa shape index (κ2) is 22.3. The van der Waals surface area contributed by atoms with Gasteiger partial charge in [0, 0.05) is 45.6 Å². The van der Waals surface area contributed by atoms with Crippen molar-refractivity contribution in [3.63, 3.8) is 0 Å². The molecule has 0 aromatic heterocycles. The van der Waals surface area contributed by atoms with Gasteiger partial charge in [-0.25, -0.2) is 0 Å². The first-order valence-corrected chi connectivity index (χ1v) is 16.9. The highest BCUT2D eigenvalue weighted by atomic mass is 16.5. The molecule has 0 saturated carbocycles. The minimum Gasteiger partial charge on any atom is -0.379 e. The van der Waals surface area contributed by atoms with Crippen molar-refractivity contribution in [2.45, 2.75) is 136 Å². The fourth-order valence-electron chi connectivity index (χ4n) is 3.88. The highest BCUT2D eigenvalue weighted by Crippen LogP contribution is 2.19. The third kappa shape index (κ3) is 25.7. The van der Waals surface area contributed by atoms with E-state index in [1.54, 1.807) is 0 Å². The van der Waals surface area contributed by atoms with Crippen LogP contribution in [0.2, 0.25) is 0 Å². The molecule has 0 bridgehead atoms. The Morgan fingerprint density at radius 1 is 0.478 bits per heavy atom. The van der Waals surface area contributed by atoms with Crippen LogP contribution in [0.5, 0.6) is 0 Å². The SMILES string of the molecule is CC(C)(CN)OCCC(C)(C)OCCC(=O)NCCCOCCOC(C)(C)CCNC(=O)CCOC(C)(C)CCOC(C)(C)CN. The van der Waals surface area contributed by atoms with Crippen LogP contribution in [0.4, 0.5) is 0 Å². The molecule has 274 valence electrons. The van der Waals surface area contributed by atoms with E-state index in [0.717, 1.165) is 0 Å². The molecule has 12 heteroatoms. The van der Waals surface area contributed by atoms with E-state index >= 15 is 0 Å². The normalized spacial score (nSPS) is 13.2. The van der Waals surface area contributed by atoms with Crippen molar-refractivity contribution in [2.24, 2.45) is 11.5 Å². The zero-order chi connectivity index (χ0) is 35.3. The van der Waals surface area contributed by atoms with Gasteiger partial charge < -0.3 is 50.5 Å². The summed E-state index contributed by atoms with van der Waals surface area (Å²) in [7, 11) is 0. The van der Waals surface area contributed by atoms with E-state index in [1.165, 1.54) is 0 Å². The molecule has 0 aromatic carbocycles. The number of hydrogen-bond acceptors (Lipinski definition) is 10. The number of carbonyl (C=O) groups is 2. The molecule has 0 aromatic rings. The van der Waals surface area contributed by atoms with Crippen molar-refractivity contribution in [1.29, 1.82) is 0 Å². The number of nitrogens with one attached hydrogen (secondary N) is 2. The number of carbonyl (C=O) groups excluding carboxylic acids is 2. The topological polar surface area (TPSA) is 166 Å². The molecule has 0 aliphatic rings. The van der Waals surface area contributed by atoms with E-state index in [-0.39, 0.29) is 34.2 Å². The van der Waals surface area contributed by atoms with Crippen LogP contribution in [-0.2, 0) is 38.0 Å². The molecule has 0 fully saturated rings. The van der Waals surface area contributed by atoms with E-state index in [2.05, 4.69) is 10.6 Å². The van der Waals surface area contributed by atoms with Crippen LogP contribution in [0.15, 0.2) is 0 Å². The summed E-state index contributed by atoms with van der Waals surface area (Å²) in [6.45, 7) is 25.0. The Bertz CT molecular complexity index is 834. The van der Waals surface area contributed by atoms with E-state index < -0.39 is 5.60 Å². The van der Waals surface area contributed by atoms with Gasteiger partial charge in [-0.3, -0.25) is 9.59 Å². The molecule has 0 aliphatic heterocycles. The van der Waals surface area contributed by atoms with Gasteiger partial charge in [-0.2, -0.15) is 0 Å². The largest absolute Gasteiger partial charge is 0.379 e. The molecule has 0 rings (SSSR count). The number of amides is 2. The molecule has 0 unspecified atom stereocenters. The van der Waals surface area contributed by atoms with Crippen molar-refractivity contribution < 1.29 is 38.0 Å². The van der Waals surface area contributed by atoms with Crippen molar-refractivity contribution in [3.8, 4) is 0 Å². The lowest BCUT2D eigenvalue weighted by Gasteiger charge is -2.29. The molecule has 12 nitrogen and oxygen atoms in total. The lowest BCUT2D eigenvalue weighted by Crippen LogP contribution is -2.37. The highest BCUT2D eigenvalue weighted by molar-refractivity contribution is 5.76. The lowest BCUT2D eigenvalue weighted by molar-refractivity contribution is -0.125. The van der Waals surface area contributed by atoms with E-state index in [4.69, 9.17) is 39.9 Å². The third-order valence-corrected chi connectivity index (χ3v) is 7.58. The predicted octanol–water partition coefficient (Wildman–Crippen LogP) is 3.47. The Morgan fingerprint density at radius 3 is 1.33 bits per heavy atom. The maximum Gasteiger partial charge on any atom is 0.222 e. The molecule has 0 saturated heterocycles. The fraction of sp³-hybridized carbons (Fsp3) is 0.941. The van der Waals surface area contributed by atoms with Crippen LogP contribution in [0.3, 0.4) is 0 Å². The zero-order valence-electron chi connectivity index (χ0n) is 30.9. The molecule has 2 amide bonds. The van der Waals surface area contributed by atoms with Crippen LogP contribution < -0.4 is 22.1 Å². The van der Waals surface area contributed by atoms with Crippen LogP contribution in [-0.4, -0.2) is 112 Å². The minimum absolute atomic E-state index is 0.0433. The Labute approximate surface area is 280 Å². The number of ether oxygens (including phenoxy) is 6. The smallest absolute Gasteiger partial charge is 0.222 e. The molecular formula is C34H70N4O8. The summed E-state index contributed by atoms with van der Waals surface area (Å²) in [6.07, 6.45) is 3.42. The zero-order valence-corrected chi connectivity index (χ0v) is 30.9. The summed E-state index contributed by atoms with van der Waals surface area (Å²) >= 11 is 0. The van der Waals surface area contributed by atoms with Crippen LogP contribution in [0.25, 0.3) is 0 Å². The summed E-state index contributed by atoms with van der Waals surface area (Å²) in [5, 5.41) is 5.85. The van der Waals surface area contributed by atoms with Gasteiger partial charge in [0.1, 0.15) is 0 Å². The molecule has 0 atom stereocenters. The van der Waals surface area contributed by atoms with Crippen molar-refractivity contribution in [3.05, 3.63) is 0 Å². The summed E-state index contributed by atoms with van der Waals surface area (Å²) in [5.74, 6) is -0.0922. The van der Waals surface area contributed by atoms with Crippen LogP contribution >= 0.6 is 0 Å². The predicted molar refractivity (Wildman–Crippen MR) is 183 cm³/mol. The summed E-state index contributed by atoms with van der Waals surface area (Å²) in [6, 6.07) is 0. The van der Waals surface area contributed by atoms with Gasteiger partial charge in [0.2, 0.25) is 11.8 Å². The molecule has 0 spiro atoms. The molecule has 0 aliphatic carbocycles. The summed E-state index contributed by atoms with van der Waals surface area (Å²) < 4.78 is 35.0. The maximum atomic E-state index is 12.3. The van der Waals surface area contributed by atoms with Crippen LogP contribution in [0, 0.1) is 0 Å². The second-order valence-corrected chi connectivity index (χ2v) is 14.9. The van der Waals surface area contributed by atoms with Crippen molar-refractivity contribution in [2.75, 3.05) is 72.4 Å². The Hall–Kier alpha value is -1.38. The summed E-state index contributed by atoms with van der Waals surface area (Å²) in [4.78, 5) is 24.4. The third-order valence-electron chi connectivity index (χ3n) is 7.58. The van der Waals surface area contributed by atoms with Gasteiger partial charge in [-0.15, -0.1) is 0 Å². The number of hydrogen-bond donors (Lipinski definition) is 4. The minimum atomic E-state index is -0.398. The lowest BCUT2D eigenvalue weighted by atomic mass is 10.1. The average Bonchev–Trinajstić information content (AvgIpc) is 2.93. The first-order chi connectivity index (χ1) is 21.2. The van der Waals surface area contributed by atoms with Crippen molar-refractivity contribution >= 4 is 11.8 Å². The molecule has 6 N–H and O–H groups in total. The molecule has 46 heavy (non-hydrogen) atoms. The van der Waals surface area contributed by atoms with Gasteiger partial charge in [0.15, 0.2) is 0 Å². The van der Waals surface area contributed by atoms with E-state index in [1.807, 2.05) is 69.2 Å². The second-order valence-electron chi connectivity index (χ2n) is 14.9. The first-order valence-electron chi connectivity index (χ1n) is 16.9. The molecular weight excluding hydrogens is 592 g/mol. The quantitative estimate of drug-likeness (QED) is 0.0872. The van der Waals surface area contributed by atoms with Gasteiger partial charge in [-0.05, 0) is 94.9 Å². The molecule has 0 radical (unpaired) electrons. The highest BCUT2D eigenvalue weighted by Gasteiger charge is 2.24. The maximum absolute atomic E-state index is 12.3. The van der Waals surface area contributed by atoms with Crippen LogP contribution in [0.1, 0.15) is 108 Å². The average molecular weight is 663 g/mol. The van der Waals surface area contributed by atoms with Gasteiger partial charge in [-0.1, -0.05) is 0 Å². The Kier molecular flexibility index (Phi) is 21.6. The van der Waals surface area contributed by atoms with Gasteiger partial charge in [0.05, 0.1) is 67.6 Å². The van der Waals surface area contributed by atoms with Crippen molar-refractivity contribution in [1.82, 2.24) is 10.6 Å². The number of rotatable bonds is 29. The first kappa shape index (κ1) is 44.6. The Morgan fingerprint density at radius 2 is 0.870 bits per heavy atom. The van der Waals surface area contributed by atoms with Gasteiger partial charge >= 0.3 is 0 Å². The van der Waals surface area contributed by atoms with Gasteiger partial charge in [0.25, 0.3) is 0 Å². The Balaban J connectivity index is 3.86.